The fraction of sp³-hybridized carbons (Fsp3) is 0.602. The summed E-state index contributed by atoms with van der Waals surface area (Å²) in [5.41, 5.74) is 13.8. The van der Waals surface area contributed by atoms with Crippen LogP contribution in [0.1, 0.15) is 295 Å². The first-order valence-electron chi connectivity index (χ1n) is 37.6. The maximum Gasteiger partial charge on any atom is 0.514 e. The molecule has 12 unspecified atom stereocenters. The van der Waals surface area contributed by atoms with Crippen molar-refractivity contribution in [3.63, 3.8) is 0 Å². The van der Waals surface area contributed by atoms with Gasteiger partial charge >= 0.3 is 6.16 Å². The van der Waals surface area contributed by atoms with Gasteiger partial charge in [-0.3, -0.25) is 0 Å². The molecule has 0 amide bonds. The molecule has 0 saturated heterocycles. The Morgan fingerprint density at radius 2 is 0.887 bits per heavy atom. The first-order valence-corrected chi connectivity index (χ1v) is 37.6. The lowest BCUT2D eigenvalue weighted by Crippen LogP contribution is -2.32. The van der Waals surface area contributed by atoms with Crippen molar-refractivity contribution in [2.45, 2.75) is 301 Å². The first kappa shape index (κ1) is 76.7. The maximum atomic E-state index is 11.6. The fourth-order valence-electron chi connectivity index (χ4n) is 14.8. The molecule has 12 rings (SSSR count). The second-order valence-corrected chi connectivity index (χ2v) is 32.9. The number of benzene rings is 6. The van der Waals surface area contributed by atoms with Crippen molar-refractivity contribution in [3.05, 3.63) is 159 Å². The van der Waals surface area contributed by atoms with E-state index in [4.69, 9.17) is 37.9 Å². The molecule has 9 heteroatoms. The predicted molar refractivity (Wildman–Crippen MR) is 402 cm³/mol. The van der Waals surface area contributed by atoms with Crippen molar-refractivity contribution in [2.24, 2.45) is 35.5 Å². The van der Waals surface area contributed by atoms with Crippen LogP contribution in [0.15, 0.2) is 103 Å². The molecule has 1 saturated carbocycles. The van der Waals surface area contributed by atoms with Crippen LogP contribution >= 0.6 is 0 Å². The highest BCUT2D eigenvalue weighted by Gasteiger charge is 2.33. The molecular formula is C88H126O9. The zero-order chi connectivity index (χ0) is 71.0. The molecule has 0 aliphatic heterocycles. The van der Waals surface area contributed by atoms with Gasteiger partial charge in [-0.2, -0.15) is 0 Å². The molecule has 532 valence electrons. The monoisotopic (exact) mass is 1330 g/mol. The van der Waals surface area contributed by atoms with Gasteiger partial charge in [-0.25, -0.2) is 4.79 Å². The van der Waals surface area contributed by atoms with Crippen LogP contribution in [0.5, 0.6) is 28.7 Å². The number of ether oxygens (including phenoxy) is 8. The molecule has 6 aliphatic rings. The van der Waals surface area contributed by atoms with Crippen LogP contribution in [0.25, 0.3) is 10.8 Å². The second kappa shape index (κ2) is 33.0. The Hall–Kier alpha value is -6.03. The molecule has 6 aromatic carbocycles. The van der Waals surface area contributed by atoms with Gasteiger partial charge in [0.05, 0.1) is 6.10 Å². The van der Waals surface area contributed by atoms with E-state index in [0.717, 1.165) is 60.0 Å². The normalized spacial score (nSPS) is 23.6. The van der Waals surface area contributed by atoms with Crippen LogP contribution in [-0.2, 0) is 39.9 Å². The minimum atomic E-state index is -0.647. The molecular weight excluding hydrogens is 1200 g/mol. The maximum absolute atomic E-state index is 11.6. The molecule has 6 aromatic rings. The van der Waals surface area contributed by atoms with Gasteiger partial charge in [-0.15, -0.1) is 0 Å². The molecule has 0 radical (unpaired) electrons. The van der Waals surface area contributed by atoms with Gasteiger partial charge in [0.25, 0.3) is 0 Å². The van der Waals surface area contributed by atoms with Gasteiger partial charge in [0.2, 0.25) is 12.6 Å². The van der Waals surface area contributed by atoms with Crippen molar-refractivity contribution in [3.8, 4) is 28.7 Å². The molecule has 97 heavy (non-hydrogen) atoms. The Labute approximate surface area is 587 Å². The van der Waals surface area contributed by atoms with Crippen LogP contribution in [0.3, 0.4) is 0 Å². The molecule has 1 fully saturated rings. The van der Waals surface area contributed by atoms with Crippen LogP contribution in [0.2, 0.25) is 0 Å². The predicted octanol–water partition coefficient (Wildman–Crippen LogP) is 24.2. The number of methoxy groups -OCH3 is 1. The molecule has 0 bridgehead atoms. The van der Waals surface area contributed by atoms with Crippen molar-refractivity contribution in [2.75, 3.05) is 7.11 Å². The molecule has 0 spiro atoms. The molecule has 0 heterocycles. The highest BCUT2D eigenvalue weighted by molar-refractivity contribution is 5.96. The van der Waals surface area contributed by atoms with Gasteiger partial charge < -0.3 is 37.9 Å². The zero-order valence-electron chi connectivity index (χ0n) is 64.4. The summed E-state index contributed by atoms with van der Waals surface area (Å²) in [6.07, 6.45) is 12.4. The minimum absolute atomic E-state index is 0.0654. The summed E-state index contributed by atoms with van der Waals surface area (Å²) in [6.45, 7) is 50.1. The summed E-state index contributed by atoms with van der Waals surface area (Å²) in [5, 5.41) is 2.70. The Morgan fingerprint density at radius 1 is 0.454 bits per heavy atom. The average Bonchev–Trinajstić information content (AvgIpc) is 1.60. The SMILES string of the molecule is CC(C)C(Oc1ccc2c(c1)CC(C)C2C)OC1CCCCC1.CC1Cc2cc(OC(=O)OC(C)(C)C)ccc2C1C.CCC(C)(C)Oc1ccc2c(c1)CC(C)C2C.CCC(C)(C)Oc1ccc2c3c(cccc13)C(C)C2C.COC(Oc1ccc2c(c1)C(C)C(C)C2)C(C)C. The average molecular weight is 1330 g/mol. The lowest BCUT2D eigenvalue weighted by Gasteiger charge is -2.30. The Kier molecular flexibility index (Phi) is 26.1. The summed E-state index contributed by atoms with van der Waals surface area (Å²) in [4.78, 5) is 11.6. The number of carbonyl (C=O) groups is 1. The van der Waals surface area contributed by atoms with E-state index in [1.165, 1.54) is 118 Å². The summed E-state index contributed by atoms with van der Waals surface area (Å²) in [5.74, 6) is 11.9. The van der Waals surface area contributed by atoms with Gasteiger partial charge in [0.1, 0.15) is 45.6 Å². The van der Waals surface area contributed by atoms with Crippen LogP contribution < -0.4 is 23.7 Å². The lowest BCUT2D eigenvalue weighted by molar-refractivity contribution is -0.150. The van der Waals surface area contributed by atoms with Crippen molar-refractivity contribution in [1.29, 1.82) is 0 Å². The smallest absolute Gasteiger partial charge is 0.488 e. The van der Waals surface area contributed by atoms with Gasteiger partial charge in [0.15, 0.2) is 0 Å². The Balaban J connectivity index is 0.000000155. The molecule has 6 aliphatic carbocycles. The van der Waals surface area contributed by atoms with Gasteiger partial charge in [-0.05, 0) is 275 Å². The summed E-state index contributed by atoms with van der Waals surface area (Å²) in [6, 6.07) is 36.7. The van der Waals surface area contributed by atoms with E-state index >= 15 is 0 Å². The van der Waals surface area contributed by atoms with Crippen molar-refractivity contribution < 1.29 is 42.7 Å². The van der Waals surface area contributed by atoms with E-state index in [1.807, 2.05) is 32.9 Å². The quantitative estimate of drug-likeness (QED) is 0.0534. The third kappa shape index (κ3) is 19.7. The highest BCUT2D eigenvalue weighted by Crippen LogP contribution is 2.49. The van der Waals surface area contributed by atoms with E-state index in [2.05, 4.69) is 229 Å². The van der Waals surface area contributed by atoms with E-state index in [-0.39, 0.29) is 23.8 Å². The number of hydrogen-bond acceptors (Lipinski definition) is 9. The Bertz CT molecular complexity index is 3530. The fourth-order valence-corrected chi connectivity index (χ4v) is 14.8. The summed E-state index contributed by atoms with van der Waals surface area (Å²) in [7, 11) is 1.70. The van der Waals surface area contributed by atoms with E-state index in [1.54, 1.807) is 7.11 Å². The van der Waals surface area contributed by atoms with Crippen LogP contribution in [-0.4, -0.2) is 48.8 Å². The number of fused-ring (bicyclic) bond motifs is 4. The van der Waals surface area contributed by atoms with E-state index in [0.29, 0.717) is 65.1 Å². The van der Waals surface area contributed by atoms with E-state index < -0.39 is 11.8 Å². The lowest BCUT2D eigenvalue weighted by atomic mass is 9.94. The van der Waals surface area contributed by atoms with Crippen LogP contribution in [0, 0.1) is 35.5 Å². The molecule has 0 aromatic heterocycles. The third-order valence-corrected chi connectivity index (χ3v) is 22.6. The summed E-state index contributed by atoms with van der Waals surface area (Å²) >= 11 is 0. The van der Waals surface area contributed by atoms with Gasteiger partial charge in [0, 0.05) is 24.3 Å². The largest absolute Gasteiger partial charge is 0.514 e. The van der Waals surface area contributed by atoms with Gasteiger partial charge in [-0.1, -0.05) is 179 Å². The van der Waals surface area contributed by atoms with Crippen LogP contribution in [0.4, 0.5) is 4.79 Å². The zero-order valence-corrected chi connectivity index (χ0v) is 64.4. The van der Waals surface area contributed by atoms with Crippen molar-refractivity contribution in [1.82, 2.24) is 0 Å². The topological polar surface area (TPSA) is 90.9 Å². The number of rotatable bonds is 16. The first-order chi connectivity index (χ1) is 45.7. The number of carbonyl (C=O) groups excluding carboxylic acids is 1. The molecule has 9 nitrogen and oxygen atoms in total. The van der Waals surface area contributed by atoms with Crippen molar-refractivity contribution >= 4 is 16.9 Å². The molecule has 12 atom stereocenters. The molecule has 0 N–H and O–H groups in total. The number of hydrogen-bond donors (Lipinski definition) is 0. The van der Waals surface area contributed by atoms with E-state index in [9.17, 15) is 4.79 Å². The minimum Gasteiger partial charge on any atom is -0.488 e. The third-order valence-electron chi connectivity index (χ3n) is 22.6. The standard InChI is InChI=1S/C21H32O2.C19H24O.C16H22O3.C16H24O2.C16H24O/c1-14(2)21(22-18-8-6-5-7-9-18)23-19-10-11-20-16(4)15(3)12-17(20)13-19;1-6-19(4,5)20-17-11-10-15-13(3)12(2)14-8-7-9-16(17)18(14)15;1-10-8-12-9-13(6-7-14(12)11(10)2)18-15(17)19-16(3,4)5;1-10(2)16(17-5)18-14-7-6-13-8-11(3)12(4)15(13)9-14;1-6-16(4,5)17-14-7-8-15-12(3)11(2)9-13(15)10-14/h10-11,13-16,18,21H,5-9,12H2,1-4H3;7-13H,6H2,1-5H3;6-7,9-11H,8H2,1-5H3;6-7,9-12,16H,8H2,1-5H3;7-8,10-12H,6,9H2,1-5H3. The summed E-state index contributed by atoms with van der Waals surface area (Å²) < 4.78 is 46.5. The highest BCUT2D eigenvalue weighted by atomic mass is 16.7. The second-order valence-electron chi connectivity index (χ2n) is 32.9. The Morgan fingerprint density at radius 3 is 1.40 bits per heavy atom.